The molecular weight excluding hydrogens is 290 g/mol. The summed E-state index contributed by atoms with van der Waals surface area (Å²) in [6.07, 6.45) is 15.7. The summed E-state index contributed by atoms with van der Waals surface area (Å²) in [4.78, 5) is 0. The van der Waals surface area contributed by atoms with Crippen LogP contribution in [0.5, 0.6) is 0 Å². The summed E-state index contributed by atoms with van der Waals surface area (Å²) in [5.41, 5.74) is 2.99. The number of benzene rings is 1. The van der Waals surface area contributed by atoms with Crippen LogP contribution in [0.25, 0.3) is 0 Å². The van der Waals surface area contributed by atoms with Crippen LogP contribution in [0.15, 0.2) is 24.3 Å². The molecule has 24 heavy (non-hydrogen) atoms. The van der Waals surface area contributed by atoms with Gasteiger partial charge in [0.2, 0.25) is 0 Å². The average molecular weight is 330 g/mol. The summed E-state index contributed by atoms with van der Waals surface area (Å²) < 4.78 is 0. The summed E-state index contributed by atoms with van der Waals surface area (Å²) in [7, 11) is 2.07. The Morgan fingerprint density at radius 2 is 1.58 bits per heavy atom. The van der Waals surface area contributed by atoms with E-state index in [1.807, 2.05) is 0 Å². The first-order valence-electron chi connectivity index (χ1n) is 10.5. The van der Waals surface area contributed by atoms with Crippen LogP contribution in [-0.4, -0.2) is 13.1 Å². The maximum Gasteiger partial charge on any atom is 0.00640 e. The summed E-state index contributed by atoms with van der Waals surface area (Å²) in [6, 6.07) is 9.98. The van der Waals surface area contributed by atoms with Crippen molar-refractivity contribution < 1.29 is 0 Å². The average Bonchev–Trinajstić information content (AvgIpc) is 2.65. The summed E-state index contributed by atoms with van der Waals surface area (Å²) >= 11 is 0. The highest BCUT2D eigenvalue weighted by Crippen LogP contribution is 2.38. The van der Waals surface area contributed by atoms with E-state index in [0.29, 0.717) is 0 Å². The predicted octanol–water partition coefficient (Wildman–Crippen LogP) is 6.61. The molecule has 136 valence electrons. The topological polar surface area (TPSA) is 12.0 Å². The van der Waals surface area contributed by atoms with Crippen molar-refractivity contribution in [2.24, 2.45) is 5.92 Å². The van der Waals surface area contributed by atoms with E-state index >= 15 is 0 Å². The molecule has 1 aromatic rings. The Morgan fingerprint density at radius 1 is 0.958 bits per heavy atom. The van der Waals surface area contributed by atoms with Crippen molar-refractivity contribution in [1.29, 1.82) is 0 Å². The highest BCUT2D eigenvalue weighted by molar-refractivity contribution is 5.26. The van der Waals surface area contributed by atoms with Gasteiger partial charge in [-0.3, -0.25) is 0 Å². The van der Waals surface area contributed by atoms with Crippen molar-refractivity contribution >= 4 is 0 Å². The van der Waals surface area contributed by atoms with E-state index in [2.05, 4.69) is 50.5 Å². The lowest BCUT2D eigenvalue weighted by Crippen LogP contribution is -2.26. The van der Waals surface area contributed by atoms with Gasteiger partial charge in [-0.15, -0.1) is 0 Å². The van der Waals surface area contributed by atoms with E-state index in [-0.39, 0.29) is 0 Å². The van der Waals surface area contributed by atoms with Gasteiger partial charge in [0.05, 0.1) is 0 Å². The van der Waals surface area contributed by atoms with Crippen molar-refractivity contribution in [3.05, 3.63) is 35.4 Å². The van der Waals surface area contributed by atoms with Gasteiger partial charge in [0, 0.05) is 6.04 Å². The lowest BCUT2D eigenvalue weighted by molar-refractivity contribution is 0.299. The zero-order valence-corrected chi connectivity index (χ0v) is 16.3. The molecule has 0 aromatic heterocycles. The van der Waals surface area contributed by atoms with Crippen LogP contribution in [-0.2, 0) is 0 Å². The lowest BCUT2D eigenvalue weighted by atomic mass is 9.75. The Kier molecular flexibility index (Phi) is 8.88. The summed E-state index contributed by atoms with van der Waals surface area (Å²) in [6.45, 7) is 4.55. The van der Waals surface area contributed by atoms with Gasteiger partial charge < -0.3 is 5.32 Å². The van der Waals surface area contributed by atoms with Gasteiger partial charge >= 0.3 is 0 Å². The Bertz CT molecular complexity index is 441. The Labute approximate surface area is 150 Å². The monoisotopic (exact) mass is 329 g/mol. The zero-order chi connectivity index (χ0) is 17.2. The maximum atomic E-state index is 3.30. The third-order valence-corrected chi connectivity index (χ3v) is 6.14. The number of rotatable bonds is 4. The van der Waals surface area contributed by atoms with E-state index in [1.165, 1.54) is 76.2 Å². The molecule has 1 nitrogen and oxygen atoms in total. The fourth-order valence-corrected chi connectivity index (χ4v) is 4.67. The Balaban J connectivity index is 0.000000219. The second-order valence-corrected chi connectivity index (χ2v) is 7.95. The van der Waals surface area contributed by atoms with Gasteiger partial charge in [-0.05, 0) is 63.5 Å². The Hall–Kier alpha value is -0.820. The van der Waals surface area contributed by atoms with Crippen LogP contribution < -0.4 is 5.32 Å². The van der Waals surface area contributed by atoms with Crippen molar-refractivity contribution in [2.45, 2.75) is 96.4 Å². The van der Waals surface area contributed by atoms with Crippen molar-refractivity contribution in [1.82, 2.24) is 5.32 Å². The molecule has 3 rings (SSSR count). The molecule has 1 aromatic carbocycles. The molecule has 0 saturated heterocycles. The normalized spacial score (nSPS) is 21.0. The Morgan fingerprint density at radius 3 is 2.08 bits per heavy atom. The molecule has 2 aliphatic carbocycles. The first kappa shape index (κ1) is 19.5. The van der Waals surface area contributed by atoms with Gasteiger partial charge in [0.1, 0.15) is 0 Å². The van der Waals surface area contributed by atoms with E-state index in [1.54, 1.807) is 5.56 Å². The number of nitrogens with one attached hydrogen (secondary N) is 1. The lowest BCUT2D eigenvalue weighted by Gasteiger charge is -2.30. The summed E-state index contributed by atoms with van der Waals surface area (Å²) in [5, 5.41) is 3.30. The fraction of sp³-hybridized carbons (Fsp3) is 0.739. The minimum Gasteiger partial charge on any atom is -0.317 e. The van der Waals surface area contributed by atoms with Gasteiger partial charge in [-0.1, -0.05) is 75.3 Å². The van der Waals surface area contributed by atoms with Crippen LogP contribution in [0.1, 0.15) is 94.6 Å². The summed E-state index contributed by atoms with van der Waals surface area (Å²) in [5.74, 6) is 1.75. The highest BCUT2D eigenvalue weighted by atomic mass is 14.9. The van der Waals surface area contributed by atoms with Crippen LogP contribution in [0.4, 0.5) is 0 Å². The van der Waals surface area contributed by atoms with E-state index in [9.17, 15) is 0 Å². The predicted molar refractivity (Wildman–Crippen MR) is 107 cm³/mol. The molecule has 1 unspecified atom stereocenters. The van der Waals surface area contributed by atoms with Crippen LogP contribution in [0.2, 0.25) is 0 Å². The van der Waals surface area contributed by atoms with Gasteiger partial charge in [-0.25, -0.2) is 0 Å². The van der Waals surface area contributed by atoms with Gasteiger partial charge in [-0.2, -0.15) is 0 Å². The molecule has 1 atom stereocenters. The molecular formula is C23H39N. The minimum atomic E-state index is 0.806. The third-order valence-electron chi connectivity index (χ3n) is 6.14. The second-order valence-electron chi connectivity index (χ2n) is 7.95. The van der Waals surface area contributed by atoms with Crippen molar-refractivity contribution in [3.63, 3.8) is 0 Å². The van der Waals surface area contributed by atoms with Crippen molar-refractivity contribution in [3.8, 4) is 0 Å². The molecule has 0 aliphatic heterocycles. The van der Waals surface area contributed by atoms with E-state index in [4.69, 9.17) is 0 Å². The smallest absolute Gasteiger partial charge is 0.00640 e. The molecule has 0 spiro atoms. The van der Waals surface area contributed by atoms with Gasteiger partial charge in [0.15, 0.2) is 0 Å². The standard InChI is InChI=1S/C16H24.C7H15N/c1-3-16(14-9-5-4-6-10-14)15-11-7-8-13(2)12-15;1-8-7-5-3-2-4-6-7/h7-8,11-12,14,16H,3-6,9-10H2,1-2H3;7-8H,2-6H2,1H3. The van der Waals surface area contributed by atoms with Crippen LogP contribution >= 0.6 is 0 Å². The maximum absolute atomic E-state index is 3.30. The molecule has 0 heterocycles. The first-order valence-corrected chi connectivity index (χ1v) is 10.5. The molecule has 1 heteroatoms. The minimum absolute atomic E-state index is 0.806. The number of hydrogen-bond acceptors (Lipinski definition) is 1. The third kappa shape index (κ3) is 6.24. The van der Waals surface area contributed by atoms with E-state index in [0.717, 1.165) is 17.9 Å². The molecule has 0 amide bonds. The molecule has 2 saturated carbocycles. The largest absolute Gasteiger partial charge is 0.317 e. The molecule has 0 bridgehead atoms. The van der Waals surface area contributed by atoms with Crippen molar-refractivity contribution in [2.75, 3.05) is 7.05 Å². The molecule has 2 fully saturated rings. The van der Waals surface area contributed by atoms with Crippen LogP contribution in [0.3, 0.4) is 0 Å². The zero-order valence-electron chi connectivity index (χ0n) is 16.3. The molecule has 0 radical (unpaired) electrons. The quantitative estimate of drug-likeness (QED) is 0.655. The highest BCUT2D eigenvalue weighted by Gasteiger charge is 2.23. The SMILES string of the molecule is CCC(c1cccc(C)c1)C1CCCCC1.CNC1CCCCC1. The van der Waals surface area contributed by atoms with Crippen LogP contribution in [0, 0.1) is 12.8 Å². The molecule has 1 N–H and O–H groups in total. The number of hydrogen-bond donors (Lipinski definition) is 1. The fourth-order valence-electron chi connectivity index (χ4n) is 4.67. The van der Waals surface area contributed by atoms with E-state index < -0.39 is 0 Å². The first-order chi connectivity index (χ1) is 11.7. The second kappa shape index (κ2) is 10.9. The molecule has 2 aliphatic rings. The number of aryl methyl sites for hydroxylation is 1. The van der Waals surface area contributed by atoms with Gasteiger partial charge in [0.25, 0.3) is 0 Å².